The number of carboxylic acid groups (broad SMARTS) is 1. The summed E-state index contributed by atoms with van der Waals surface area (Å²) in [6.45, 7) is 0. The summed E-state index contributed by atoms with van der Waals surface area (Å²) in [7, 11) is 0. The van der Waals surface area contributed by atoms with Gasteiger partial charge in [0, 0.05) is 6.04 Å². The van der Waals surface area contributed by atoms with E-state index in [1.807, 2.05) is 0 Å². The summed E-state index contributed by atoms with van der Waals surface area (Å²) in [4.78, 5) is 10.1. The molecule has 0 amide bonds. The van der Waals surface area contributed by atoms with E-state index in [-0.39, 0.29) is 12.5 Å². The van der Waals surface area contributed by atoms with Crippen LogP contribution >= 0.6 is 0 Å². The SMILES string of the molecule is NC(CC(=O)O)CC1CC1. The van der Waals surface area contributed by atoms with Crippen LogP contribution < -0.4 is 5.73 Å². The van der Waals surface area contributed by atoms with Crippen LogP contribution in [0.15, 0.2) is 0 Å². The van der Waals surface area contributed by atoms with Crippen molar-refractivity contribution < 1.29 is 9.90 Å². The number of rotatable bonds is 4. The van der Waals surface area contributed by atoms with Crippen molar-refractivity contribution >= 4 is 5.97 Å². The van der Waals surface area contributed by atoms with Gasteiger partial charge in [-0.15, -0.1) is 0 Å². The summed E-state index contributed by atoms with van der Waals surface area (Å²) in [6.07, 6.45) is 3.50. The molecule has 3 N–H and O–H groups in total. The highest BCUT2D eigenvalue weighted by atomic mass is 16.4. The van der Waals surface area contributed by atoms with E-state index in [0.717, 1.165) is 12.3 Å². The van der Waals surface area contributed by atoms with Crippen LogP contribution in [0, 0.1) is 5.92 Å². The lowest BCUT2D eigenvalue weighted by Gasteiger charge is -2.05. The van der Waals surface area contributed by atoms with Crippen LogP contribution in [0.2, 0.25) is 0 Å². The molecule has 1 rings (SSSR count). The maximum absolute atomic E-state index is 10.1. The van der Waals surface area contributed by atoms with Crippen LogP contribution in [-0.4, -0.2) is 17.1 Å². The first kappa shape index (κ1) is 7.54. The van der Waals surface area contributed by atoms with Crippen molar-refractivity contribution in [1.29, 1.82) is 0 Å². The van der Waals surface area contributed by atoms with Gasteiger partial charge in [0.2, 0.25) is 0 Å². The fourth-order valence-corrected chi connectivity index (χ4v) is 1.09. The quantitative estimate of drug-likeness (QED) is 0.605. The fraction of sp³-hybridized carbons (Fsp3) is 0.857. The summed E-state index contributed by atoms with van der Waals surface area (Å²) in [6, 6.07) is -0.120. The van der Waals surface area contributed by atoms with Crippen molar-refractivity contribution in [3.63, 3.8) is 0 Å². The minimum absolute atomic E-state index is 0.120. The summed E-state index contributed by atoms with van der Waals surface area (Å²) in [5, 5.41) is 8.34. The molecule has 1 saturated carbocycles. The maximum atomic E-state index is 10.1. The zero-order valence-electron chi connectivity index (χ0n) is 5.92. The largest absolute Gasteiger partial charge is 0.481 e. The van der Waals surface area contributed by atoms with Gasteiger partial charge in [0.15, 0.2) is 0 Å². The van der Waals surface area contributed by atoms with E-state index in [9.17, 15) is 4.79 Å². The van der Waals surface area contributed by atoms with E-state index >= 15 is 0 Å². The standard InChI is InChI=1S/C7H13NO2/c8-6(4-7(9)10)3-5-1-2-5/h5-6H,1-4,8H2,(H,9,10). The van der Waals surface area contributed by atoms with E-state index < -0.39 is 5.97 Å². The lowest BCUT2D eigenvalue weighted by molar-refractivity contribution is -0.137. The van der Waals surface area contributed by atoms with Crippen LogP contribution in [0.4, 0.5) is 0 Å². The first-order valence-electron chi connectivity index (χ1n) is 3.66. The third-order valence-corrected chi connectivity index (χ3v) is 1.77. The van der Waals surface area contributed by atoms with E-state index in [0.29, 0.717) is 0 Å². The molecule has 1 unspecified atom stereocenters. The highest BCUT2D eigenvalue weighted by molar-refractivity contribution is 5.67. The average Bonchev–Trinajstić information content (AvgIpc) is 2.46. The molecule has 0 saturated heterocycles. The van der Waals surface area contributed by atoms with Gasteiger partial charge in [0.1, 0.15) is 0 Å². The Morgan fingerprint density at radius 1 is 1.70 bits per heavy atom. The Morgan fingerprint density at radius 3 is 2.70 bits per heavy atom. The van der Waals surface area contributed by atoms with Gasteiger partial charge in [-0.05, 0) is 12.3 Å². The third-order valence-electron chi connectivity index (χ3n) is 1.77. The molecule has 1 aliphatic carbocycles. The Balaban J connectivity index is 2.07. The Bertz CT molecular complexity index is 132. The number of nitrogens with two attached hydrogens (primary N) is 1. The molecule has 0 bridgehead atoms. The first-order chi connectivity index (χ1) is 4.68. The van der Waals surface area contributed by atoms with Crippen molar-refractivity contribution in [2.24, 2.45) is 11.7 Å². The molecular weight excluding hydrogens is 130 g/mol. The molecule has 0 spiro atoms. The molecule has 1 fully saturated rings. The molecule has 3 heteroatoms. The number of carboxylic acids is 1. The second-order valence-electron chi connectivity index (χ2n) is 3.04. The van der Waals surface area contributed by atoms with Gasteiger partial charge in [0.25, 0.3) is 0 Å². The Morgan fingerprint density at radius 2 is 2.30 bits per heavy atom. The molecule has 3 nitrogen and oxygen atoms in total. The van der Waals surface area contributed by atoms with Crippen molar-refractivity contribution in [1.82, 2.24) is 0 Å². The molecule has 10 heavy (non-hydrogen) atoms. The Labute approximate surface area is 60.2 Å². The zero-order valence-corrected chi connectivity index (χ0v) is 5.92. The maximum Gasteiger partial charge on any atom is 0.304 e. The number of carbonyl (C=O) groups is 1. The van der Waals surface area contributed by atoms with Crippen LogP contribution in [-0.2, 0) is 4.79 Å². The summed E-state index contributed by atoms with van der Waals surface area (Å²) < 4.78 is 0. The minimum atomic E-state index is -0.784. The van der Waals surface area contributed by atoms with E-state index in [4.69, 9.17) is 10.8 Å². The van der Waals surface area contributed by atoms with Crippen molar-refractivity contribution in [3.8, 4) is 0 Å². The van der Waals surface area contributed by atoms with Crippen molar-refractivity contribution in [3.05, 3.63) is 0 Å². The molecule has 0 aliphatic heterocycles. The Kier molecular flexibility index (Phi) is 2.27. The second-order valence-corrected chi connectivity index (χ2v) is 3.04. The normalized spacial score (nSPS) is 20.5. The van der Waals surface area contributed by atoms with Crippen LogP contribution in [0.3, 0.4) is 0 Å². The number of hydrogen-bond acceptors (Lipinski definition) is 2. The fourth-order valence-electron chi connectivity index (χ4n) is 1.09. The molecule has 0 heterocycles. The average molecular weight is 143 g/mol. The monoisotopic (exact) mass is 143 g/mol. The molecule has 1 atom stereocenters. The van der Waals surface area contributed by atoms with Crippen LogP contribution in [0.1, 0.15) is 25.7 Å². The molecule has 0 aromatic carbocycles. The molecule has 0 aromatic heterocycles. The van der Waals surface area contributed by atoms with Gasteiger partial charge in [-0.25, -0.2) is 0 Å². The third kappa shape index (κ3) is 2.82. The number of aliphatic carboxylic acids is 1. The van der Waals surface area contributed by atoms with Crippen LogP contribution in [0.25, 0.3) is 0 Å². The molecule has 0 radical (unpaired) electrons. The van der Waals surface area contributed by atoms with E-state index in [1.54, 1.807) is 0 Å². The first-order valence-corrected chi connectivity index (χ1v) is 3.66. The predicted octanol–water partition coefficient (Wildman–Crippen LogP) is 0.588. The van der Waals surface area contributed by atoms with Gasteiger partial charge >= 0.3 is 5.97 Å². The predicted molar refractivity (Wildman–Crippen MR) is 37.6 cm³/mol. The zero-order chi connectivity index (χ0) is 7.56. The highest BCUT2D eigenvalue weighted by Gasteiger charge is 2.24. The second kappa shape index (κ2) is 3.01. The summed E-state index contributed by atoms with van der Waals surface area (Å²) in [5.41, 5.74) is 5.53. The molecule has 0 aromatic rings. The highest BCUT2D eigenvalue weighted by Crippen LogP contribution is 2.33. The minimum Gasteiger partial charge on any atom is -0.481 e. The summed E-state index contributed by atoms with van der Waals surface area (Å²) in [5.74, 6) is -0.0532. The van der Waals surface area contributed by atoms with Gasteiger partial charge in [-0.3, -0.25) is 4.79 Å². The molecule has 58 valence electrons. The molecule has 1 aliphatic rings. The van der Waals surface area contributed by atoms with Gasteiger partial charge in [-0.1, -0.05) is 12.8 Å². The topological polar surface area (TPSA) is 63.3 Å². The van der Waals surface area contributed by atoms with Gasteiger partial charge in [0.05, 0.1) is 6.42 Å². The molecular formula is C7H13NO2. The van der Waals surface area contributed by atoms with Gasteiger partial charge < -0.3 is 10.8 Å². The smallest absolute Gasteiger partial charge is 0.304 e. The number of hydrogen-bond donors (Lipinski definition) is 2. The lowest BCUT2D eigenvalue weighted by atomic mass is 10.1. The van der Waals surface area contributed by atoms with Gasteiger partial charge in [-0.2, -0.15) is 0 Å². The van der Waals surface area contributed by atoms with Crippen molar-refractivity contribution in [2.75, 3.05) is 0 Å². The van der Waals surface area contributed by atoms with Crippen molar-refractivity contribution in [2.45, 2.75) is 31.7 Å². The van der Waals surface area contributed by atoms with E-state index in [1.165, 1.54) is 12.8 Å². The Hall–Kier alpha value is -0.570. The van der Waals surface area contributed by atoms with Crippen LogP contribution in [0.5, 0.6) is 0 Å². The summed E-state index contributed by atoms with van der Waals surface area (Å²) >= 11 is 0. The van der Waals surface area contributed by atoms with E-state index in [2.05, 4.69) is 0 Å². The lowest BCUT2D eigenvalue weighted by Crippen LogP contribution is -2.23.